The number of rotatable bonds is 0. The van der Waals surface area contributed by atoms with E-state index in [9.17, 15) is 0 Å². The number of hydrogen-bond acceptors (Lipinski definition) is 16. The molecule has 0 aliphatic rings. The molecule has 143 valence electrons. The zero-order valence-corrected chi connectivity index (χ0v) is 24.4. The van der Waals surface area contributed by atoms with E-state index in [1.165, 1.54) is 0 Å². The van der Waals surface area contributed by atoms with E-state index >= 15 is 0 Å². The maximum absolute atomic E-state index is 8.55. The molecule has 23 heteroatoms. The van der Waals surface area contributed by atoms with E-state index in [0.717, 1.165) is 0 Å². The molecule has 0 aliphatic heterocycles. The summed E-state index contributed by atoms with van der Waals surface area (Å²) in [6, 6.07) is 0. The maximum atomic E-state index is 8.55. The summed E-state index contributed by atoms with van der Waals surface area (Å²) in [7, 11) is -21.6. The van der Waals surface area contributed by atoms with Gasteiger partial charge in [-0.1, -0.05) is 0 Å². The van der Waals surface area contributed by atoms with Crippen molar-refractivity contribution in [2.45, 2.75) is 0 Å². The first-order valence-electron chi connectivity index (χ1n) is 2.92. The molecule has 0 aromatic carbocycles. The van der Waals surface area contributed by atoms with Gasteiger partial charge in [-0.15, -0.1) is 0 Å². The first-order chi connectivity index (χ1) is 8.00. The van der Waals surface area contributed by atoms with Crippen molar-refractivity contribution in [2.24, 2.45) is 0 Å². The molecule has 0 amide bonds. The van der Waals surface area contributed by atoms with Crippen molar-refractivity contribution in [3.8, 4) is 0 Å². The number of phosphoric acid groups is 4. The minimum absolute atomic E-state index is 0. The molecule has 3 radical (unpaired) electrons. The molecule has 0 atom stereocenters. The molecular weight excluding hydrogens is 1090 g/mol. The van der Waals surface area contributed by atoms with Gasteiger partial charge in [0.1, 0.15) is 0 Å². The molecule has 0 aromatic heterocycles. The van der Waals surface area contributed by atoms with Crippen LogP contribution >= 0.6 is 31.3 Å². The van der Waals surface area contributed by atoms with Gasteiger partial charge in [-0.3, -0.25) is 0 Å². The third-order valence-electron chi connectivity index (χ3n) is 0. The van der Waals surface area contributed by atoms with Gasteiger partial charge >= 0.3 is 0 Å². The predicted molar refractivity (Wildman–Crippen MR) is 30.4 cm³/mol. The minimum Gasteiger partial charge on any atom is -0.822 e. The Balaban J connectivity index is -0.0000000284. The van der Waals surface area contributed by atoms with Crippen LogP contribution in [0, 0.1) is 89.8 Å². The van der Waals surface area contributed by atoms with Crippen LogP contribution in [0.5, 0.6) is 0 Å². The van der Waals surface area contributed by atoms with Crippen LogP contribution in [0.1, 0.15) is 0 Å². The Bertz CT molecular complexity index is 292. The largest absolute Gasteiger partial charge is 0.822 e. The second kappa shape index (κ2) is 20.2. The molecule has 0 N–H and O–H groups in total. The normalized spacial score (nSPS) is 10.3. The van der Waals surface area contributed by atoms with Crippen molar-refractivity contribution < 1.29 is 167 Å². The average Bonchev–Trinajstić information content (AvgIpc) is 1.62. The standard InChI is InChI=1S/3Np.4H3O4P/c;;;4*1-5(2,3)4/h;;;4*(H3,1,2,3,4)/p-12. The van der Waals surface area contributed by atoms with E-state index in [1.807, 2.05) is 0 Å². The second-order valence-electron chi connectivity index (χ2n) is 1.79. The first kappa shape index (κ1) is 45.3. The van der Waals surface area contributed by atoms with E-state index in [1.54, 1.807) is 0 Å². The molecule has 0 aliphatic carbocycles. The molecule has 0 heterocycles. The van der Waals surface area contributed by atoms with Gasteiger partial charge in [0.05, 0.1) is 0 Å². The summed E-state index contributed by atoms with van der Waals surface area (Å²) >= 11 is 0. The average molecular weight is 1090 g/mol. The van der Waals surface area contributed by atoms with E-state index in [0.29, 0.717) is 0 Å². The maximum Gasteiger partial charge on any atom is 0 e. The van der Waals surface area contributed by atoms with Crippen LogP contribution in [-0.2, 0) is 18.3 Å². The third-order valence-corrected chi connectivity index (χ3v) is 0. The molecule has 0 fully saturated rings. The minimum atomic E-state index is -5.39. The van der Waals surface area contributed by atoms with Crippen molar-refractivity contribution in [1.82, 2.24) is 0 Å². The fraction of sp³-hybridized carbons (Fsp3) is 0. The van der Waals surface area contributed by atoms with Crippen molar-refractivity contribution in [2.75, 3.05) is 0 Å². The molecule has 0 spiro atoms. The SMILES string of the molecule is O=P([O-])([O-])[O-].O=P([O-])([O-])[O-].O=P([O-])([O-])[O-].O=P([O-])([O-])[O-].[Np].[Np].[Np]. The Morgan fingerprint density at radius 1 is 0.304 bits per heavy atom. The van der Waals surface area contributed by atoms with Gasteiger partial charge in [0.15, 0.2) is 0 Å². The second-order valence-corrected chi connectivity index (χ2v) is 5.37. The molecule has 0 bridgehead atoms. The van der Waals surface area contributed by atoms with Crippen LogP contribution in [0.15, 0.2) is 0 Å². The van der Waals surface area contributed by atoms with E-state index < -0.39 is 31.3 Å². The Kier molecular flexibility index (Phi) is 39.8. The quantitative estimate of drug-likeness (QED) is 0.203. The van der Waals surface area contributed by atoms with Gasteiger partial charge < -0.3 is 77.0 Å². The molecule has 0 saturated carbocycles. The zero-order valence-electron chi connectivity index (χ0n) is 9.66. The van der Waals surface area contributed by atoms with Crippen LogP contribution in [0.4, 0.5) is 0 Å². The summed E-state index contributed by atoms with van der Waals surface area (Å²) in [6.07, 6.45) is 0. The van der Waals surface area contributed by atoms with Crippen molar-refractivity contribution in [3.05, 3.63) is 0 Å². The molecule has 16 nitrogen and oxygen atoms in total. The Labute approximate surface area is 195 Å². The fourth-order valence-electron chi connectivity index (χ4n) is 0. The smallest absolute Gasteiger partial charge is 0 e. The number of hydrogen-bond donors (Lipinski definition) is 0. The summed E-state index contributed by atoms with van der Waals surface area (Å²) < 4.78 is 34.2. The summed E-state index contributed by atoms with van der Waals surface area (Å²) in [5.41, 5.74) is 0. The summed E-state index contributed by atoms with van der Waals surface area (Å²) in [6.45, 7) is 0. The third kappa shape index (κ3) is 1160. The van der Waals surface area contributed by atoms with Gasteiger partial charge in [0.2, 0.25) is 0 Å². The van der Waals surface area contributed by atoms with Crippen LogP contribution in [0.3, 0.4) is 0 Å². The first-order valence-corrected chi connectivity index (χ1v) is 8.76. The summed E-state index contributed by atoms with van der Waals surface area (Å²) in [4.78, 5) is 103. The molecule has 0 saturated heterocycles. The van der Waals surface area contributed by atoms with E-state index in [2.05, 4.69) is 0 Å². The topological polar surface area (TPSA) is 345 Å². The molecule has 0 rings (SSSR count). The summed E-state index contributed by atoms with van der Waals surface area (Å²) in [5.74, 6) is 0. The van der Waals surface area contributed by atoms with Crippen molar-refractivity contribution in [1.29, 1.82) is 0 Å². The fourth-order valence-corrected chi connectivity index (χ4v) is 0. The van der Waals surface area contributed by atoms with Crippen molar-refractivity contribution in [3.63, 3.8) is 0 Å². The van der Waals surface area contributed by atoms with Gasteiger partial charge in [-0.2, -0.15) is 31.3 Å². The molecule has 23 heavy (non-hydrogen) atoms. The molecule has 0 aromatic rings. The van der Waals surface area contributed by atoms with E-state index in [-0.39, 0.29) is 89.8 Å². The zero-order chi connectivity index (χ0) is 18.0. The van der Waals surface area contributed by atoms with Crippen LogP contribution < -0.4 is 58.7 Å². The summed E-state index contributed by atoms with van der Waals surface area (Å²) in [5, 5.41) is 0. The Hall–Kier alpha value is 3.48. The van der Waals surface area contributed by atoms with Gasteiger partial charge in [-0.05, 0) is 0 Å². The van der Waals surface area contributed by atoms with Gasteiger partial charge in [-0.25, -0.2) is 0 Å². The Morgan fingerprint density at radius 2 is 0.304 bits per heavy atom. The Morgan fingerprint density at radius 3 is 0.304 bits per heavy atom. The van der Waals surface area contributed by atoms with Crippen molar-refractivity contribution >= 4 is 31.3 Å². The van der Waals surface area contributed by atoms with Crippen LogP contribution in [-0.4, -0.2) is 0 Å². The predicted octanol–water partition coefficient (Wildman–Crippen LogP) is -11.3. The van der Waals surface area contributed by atoms with Crippen LogP contribution in [0.25, 0.3) is 0 Å². The molecule has 0 unspecified atom stereocenters. The van der Waals surface area contributed by atoms with Gasteiger partial charge in [0, 0.05) is 89.8 Å². The monoisotopic (exact) mass is 1090 g/mol. The molecular formula is Np3O16P4-12. The van der Waals surface area contributed by atoms with E-state index in [4.69, 9.17) is 77.0 Å². The van der Waals surface area contributed by atoms with Gasteiger partial charge in [0.25, 0.3) is 0 Å². The van der Waals surface area contributed by atoms with Crippen LogP contribution in [0.2, 0.25) is 0 Å².